The summed E-state index contributed by atoms with van der Waals surface area (Å²) < 4.78 is 5.14. The fourth-order valence-corrected chi connectivity index (χ4v) is 2.98. The first-order valence-corrected chi connectivity index (χ1v) is 8.95. The van der Waals surface area contributed by atoms with Gasteiger partial charge in [-0.1, -0.05) is 24.3 Å². The fourth-order valence-electron chi connectivity index (χ4n) is 2.98. The highest BCUT2D eigenvalue weighted by molar-refractivity contribution is 6.08. The lowest BCUT2D eigenvalue weighted by atomic mass is 10.0. The van der Waals surface area contributed by atoms with Crippen LogP contribution in [0.2, 0.25) is 0 Å². The van der Waals surface area contributed by atoms with Gasteiger partial charge in [-0.25, -0.2) is 0 Å². The zero-order chi connectivity index (χ0) is 18.8. The normalized spacial score (nSPS) is 14.7. The Hall–Kier alpha value is -3.12. The number of carbonyl (C=O) groups excluding carboxylic acids is 2. The standard InChI is InChI=1S/C21H20N2O4/c24-18(19-6-3-9-27-19)12-22-21(26)16-10-14-4-1-2-5-15(14)11-17(16)23-20(25)13-7-8-13/h1-6,9-11,13,18,24H,7-8,12H2,(H,22,26)(H,23,25). The highest BCUT2D eigenvalue weighted by atomic mass is 16.4. The summed E-state index contributed by atoms with van der Waals surface area (Å²) in [5.41, 5.74) is 0.852. The van der Waals surface area contributed by atoms with Gasteiger partial charge in [0.2, 0.25) is 5.91 Å². The van der Waals surface area contributed by atoms with E-state index in [0.717, 1.165) is 23.6 Å². The third kappa shape index (κ3) is 3.85. The zero-order valence-electron chi connectivity index (χ0n) is 14.6. The first kappa shape index (κ1) is 17.3. The lowest BCUT2D eigenvalue weighted by Crippen LogP contribution is -2.29. The van der Waals surface area contributed by atoms with Crippen molar-refractivity contribution >= 4 is 28.3 Å². The van der Waals surface area contributed by atoms with Crippen molar-refractivity contribution in [2.24, 2.45) is 5.92 Å². The highest BCUT2D eigenvalue weighted by Gasteiger charge is 2.30. The maximum absolute atomic E-state index is 12.7. The van der Waals surface area contributed by atoms with Gasteiger partial charge in [-0.05, 0) is 47.9 Å². The van der Waals surface area contributed by atoms with Crippen LogP contribution in [0.15, 0.2) is 59.2 Å². The molecule has 0 aliphatic heterocycles. The van der Waals surface area contributed by atoms with Gasteiger partial charge in [0.1, 0.15) is 11.9 Å². The van der Waals surface area contributed by atoms with Crippen molar-refractivity contribution in [3.63, 3.8) is 0 Å². The Labute approximate surface area is 156 Å². The number of nitrogens with one attached hydrogen (secondary N) is 2. The van der Waals surface area contributed by atoms with Crippen molar-refractivity contribution in [1.82, 2.24) is 5.32 Å². The molecule has 1 fully saturated rings. The van der Waals surface area contributed by atoms with Crippen molar-refractivity contribution in [1.29, 1.82) is 0 Å². The van der Waals surface area contributed by atoms with E-state index in [2.05, 4.69) is 10.6 Å². The Kier molecular flexibility index (Phi) is 4.64. The Bertz CT molecular complexity index is 977. The van der Waals surface area contributed by atoms with Gasteiger partial charge in [0.15, 0.2) is 0 Å². The molecule has 3 N–H and O–H groups in total. The van der Waals surface area contributed by atoms with E-state index in [1.807, 2.05) is 30.3 Å². The van der Waals surface area contributed by atoms with E-state index in [9.17, 15) is 14.7 Å². The SMILES string of the molecule is O=C(NCC(O)c1ccco1)c1cc2ccccc2cc1NC(=O)C1CC1. The molecule has 1 aromatic heterocycles. The molecule has 1 unspecified atom stereocenters. The third-order valence-electron chi connectivity index (χ3n) is 4.66. The number of furan rings is 1. The molecular formula is C21H20N2O4. The second-order valence-electron chi connectivity index (χ2n) is 6.75. The fraction of sp³-hybridized carbons (Fsp3) is 0.238. The van der Waals surface area contributed by atoms with Gasteiger partial charge >= 0.3 is 0 Å². The molecule has 0 saturated heterocycles. The number of carbonyl (C=O) groups is 2. The maximum Gasteiger partial charge on any atom is 0.253 e. The molecule has 1 aliphatic rings. The minimum Gasteiger partial charge on any atom is -0.467 e. The van der Waals surface area contributed by atoms with Gasteiger partial charge in [-0.3, -0.25) is 9.59 Å². The molecule has 27 heavy (non-hydrogen) atoms. The van der Waals surface area contributed by atoms with Gasteiger partial charge in [-0.15, -0.1) is 0 Å². The molecule has 4 rings (SSSR count). The van der Waals surface area contributed by atoms with Gasteiger partial charge in [-0.2, -0.15) is 0 Å². The molecule has 0 bridgehead atoms. The van der Waals surface area contributed by atoms with E-state index >= 15 is 0 Å². The number of rotatable bonds is 6. The van der Waals surface area contributed by atoms with Gasteiger partial charge < -0.3 is 20.2 Å². The van der Waals surface area contributed by atoms with Gasteiger partial charge in [0, 0.05) is 5.92 Å². The molecular weight excluding hydrogens is 344 g/mol. The van der Waals surface area contributed by atoms with E-state index in [1.54, 1.807) is 18.2 Å². The van der Waals surface area contributed by atoms with Gasteiger partial charge in [0.05, 0.1) is 24.1 Å². The molecule has 0 spiro atoms. The second-order valence-corrected chi connectivity index (χ2v) is 6.75. The lowest BCUT2D eigenvalue weighted by molar-refractivity contribution is -0.117. The highest BCUT2D eigenvalue weighted by Crippen LogP contribution is 2.32. The summed E-state index contributed by atoms with van der Waals surface area (Å²) in [6.45, 7) is 0.00911. The first-order chi connectivity index (χ1) is 13.1. The zero-order valence-corrected chi connectivity index (χ0v) is 14.6. The van der Waals surface area contributed by atoms with E-state index < -0.39 is 6.10 Å². The summed E-state index contributed by atoms with van der Waals surface area (Å²) in [5, 5.41) is 17.5. The van der Waals surface area contributed by atoms with Crippen LogP contribution >= 0.6 is 0 Å². The number of fused-ring (bicyclic) bond motifs is 1. The van der Waals surface area contributed by atoms with Crippen LogP contribution < -0.4 is 10.6 Å². The predicted octanol–water partition coefficient (Wildman–Crippen LogP) is 3.24. The number of anilines is 1. The van der Waals surface area contributed by atoms with Crippen LogP contribution in [0.5, 0.6) is 0 Å². The van der Waals surface area contributed by atoms with Crippen molar-refractivity contribution < 1.29 is 19.1 Å². The number of aliphatic hydroxyl groups excluding tert-OH is 1. The number of hydrogen-bond donors (Lipinski definition) is 3. The van der Waals surface area contributed by atoms with E-state index in [1.165, 1.54) is 6.26 Å². The van der Waals surface area contributed by atoms with Crippen LogP contribution in [-0.2, 0) is 4.79 Å². The third-order valence-corrected chi connectivity index (χ3v) is 4.66. The topological polar surface area (TPSA) is 91.6 Å². The Morgan fingerprint density at radius 1 is 1.11 bits per heavy atom. The molecule has 0 radical (unpaired) electrons. The molecule has 1 heterocycles. The van der Waals surface area contributed by atoms with Crippen LogP contribution in [0, 0.1) is 5.92 Å². The Balaban J connectivity index is 1.57. The van der Waals surface area contributed by atoms with Crippen molar-refractivity contribution in [2.45, 2.75) is 18.9 Å². The van der Waals surface area contributed by atoms with Crippen molar-refractivity contribution in [3.8, 4) is 0 Å². The summed E-state index contributed by atoms with van der Waals surface area (Å²) in [6.07, 6.45) is 2.30. The van der Waals surface area contributed by atoms with E-state index in [-0.39, 0.29) is 24.3 Å². The molecule has 6 nitrogen and oxygen atoms in total. The van der Waals surface area contributed by atoms with Crippen LogP contribution in [-0.4, -0.2) is 23.5 Å². The molecule has 1 atom stereocenters. The second kappa shape index (κ2) is 7.25. The maximum atomic E-state index is 12.7. The summed E-state index contributed by atoms with van der Waals surface area (Å²) in [5.74, 6) is -0.00312. The molecule has 3 aromatic rings. The molecule has 138 valence electrons. The van der Waals surface area contributed by atoms with Crippen molar-refractivity contribution in [2.75, 3.05) is 11.9 Å². The summed E-state index contributed by atoms with van der Waals surface area (Å²) in [6, 6.07) is 14.5. The monoisotopic (exact) mass is 364 g/mol. The molecule has 2 amide bonds. The minimum atomic E-state index is -0.936. The number of benzene rings is 2. The van der Waals surface area contributed by atoms with Gasteiger partial charge in [0.25, 0.3) is 5.91 Å². The van der Waals surface area contributed by atoms with Crippen LogP contribution in [0.1, 0.15) is 35.1 Å². The molecule has 1 saturated carbocycles. The van der Waals surface area contributed by atoms with E-state index in [0.29, 0.717) is 17.0 Å². The summed E-state index contributed by atoms with van der Waals surface area (Å²) in [7, 11) is 0. The van der Waals surface area contributed by atoms with Crippen LogP contribution in [0.25, 0.3) is 10.8 Å². The molecule has 2 aromatic carbocycles. The van der Waals surface area contributed by atoms with Crippen molar-refractivity contribution in [3.05, 3.63) is 66.1 Å². The van der Waals surface area contributed by atoms with Crippen LogP contribution in [0.4, 0.5) is 5.69 Å². The summed E-state index contributed by atoms with van der Waals surface area (Å²) >= 11 is 0. The van der Waals surface area contributed by atoms with E-state index in [4.69, 9.17) is 4.42 Å². The average molecular weight is 364 g/mol. The molecule has 1 aliphatic carbocycles. The average Bonchev–Trinajstić information content (AvgIpc) is 3.39. The summed E-state index contributed by atoms with van der Waals surface area (Å²) in [4.78, 5) is 25.0. The quantitative estimate of drug-likeness (QED) is 0.626. The largest absolute Gasteiger partial charge is 0.467 e. The number of amides is 2. The smallest absolute Gasteiger partial charge is 0.253 e. The number of hydrogen-bond acceptors (Lipinski definition) is 4. The minimum absolute atomic E-state index is 0.00911. The predicted molar refractivity (Wildman–Crippen MR) is 101 cm³/mol. The van der Waals surface area contributed by atoms with Crippen LogP contribution in [0.3, 0.4) is 0 Å². The molecule has 6 heteroatoms. The Morgan fingerprint density at radius 3 is 2.52 bits per heavy atom. The lowest BCUT2D eigenvalue weighted by Gasteiger charge is -2.14. The first-order valence-electron chi connectivity index (χ1n) is 8.95. The Morgan fingerprint density at radius 2 is 1.85 bits per heavy atom. The number of aliphatic hydroxyl groups is 1.